The molecule has 1 heterocycles. The molecule has 8 heteroatoms. The van der Waals surface area contributed by atoms with Gasteiger partial charge >= 0.3 is 5.97 Å². The molecule has 0 fully saturated rings. The van der Waals surface area contributed by atoms with Gasteiger partial charge in [0.2, 0.25) is 0 Å². The standard InChI is InChI=1S/C17H15FN2O4S/c1-9-3-5-12(7-10(9)2)25(23,24)20-15-13-8-11(18)4-6-14(13)19-16(15)17(21)22/h3-8,19-20H,1-2H3,(H,21,22). The maximum absolute atomic E-state index is 13.5. The van der Waals surface area contributed by atoms with Gasteiger partial charge in [0.25, 0.3) is 10.0 Å². The van der Waals surface area contributed by atoms with Crippen LogP contribution in [0.4, 0.5) is 10.1 Å². The lowest BCUT2D eigenvalue weighted by atomic mass is 10.1. The molecule has 3 aromatic rings. The molecule has 0 saturated carbocycles. The Morgan fingerprint density at radius 1 is 1.12 bits per heavy atom. The quantitative estimate of drug-likeness (QED) is 0.662. The van der Waals surface area contributed by atoms with E-state index in [-0.39, 0.29) is 21.7 Å². The normalized spacial score (nSPS) is 11.6. The maximum atomic E-state index is 13.5. The molecule has 0 unspecified atom stereocenters. The lowest BCUT2D eigenvalue weighted by Crippen LogP contribution is -2.15. The van der Waals surface area contributed by atoms with Crippen molar-refractivity contribution in [2.24, 2.45) is 0 Å². The van der Waals surface area contributed by atoms with Gasteiger partial charge < -0.3 is 10.1 Å². The number of halogens is 1. The first-order valence-corrected chi connectivity index (χ1v) is 8.82. The number of carboxylic acid groups (broad SMARTS) is 1. The van der Waals surface area contributed by atoms with Gasteiger partial charge in [-0.15, -0.1) is 0 Å². The molecule has 130 valence electrons. The van der Waals surface area contributed by atoms with Crippen LogP contribution in [0.2, 0.25) is 0 Å². The average molecular weight is 362 g/mol. The van der Waals surface area contributed by atoms with Crippen LogP contribution >= 0.6 is 0 Å². The van der Waals surface area contributed by atoms with Gasteiger partial charge in [0.15, 0.2) is 0 Å². The van der Waals surface area contributed by atoms with E-state index in [1.165, 1.54) is 18.2 Å². The van der Waals surface area contributed by atoms with Gasteiger partial charge in [-0.3, -0.25) is 4.72 Å². The van der Waals surface area contributed by atoms with Gasteiger partial charge in [-0.2, -0.15) is 0 Å². The van der Waals surface area contributed by atoms with E-state index in [1.807, 2.05) is 6.92 Å². The van der Waals surface area contributed by atoms with Crippen LogP contribution in [-0.2, 0) is 10.0 Å². The number of fused-ring (bicyclic) bond motifs is 1. The fourth-order valence-corrected chi connectivity index (χ4v) is 3.68. The summed E-state index contributed by atoms with van der Waals surface area (Å²) in [5, 5.41) is 9.47. The van der Waals surface area contributed by atoms with E-state index < -0.39 is 21.8 Å². The SMILES string of the molecule is Cc1ccc(S(=O)(=O)Nc2c(C(=O)O)[nH]c3ccc(F)cc23)cc1C. The van der Waals surface area contributed by atoms with Crippen molar-refractivity contribution in [3.63, 3.8) is 0 Å². The molecule has 1 aromatic heterocycles. The molecule has 0 amide bonds. The van der Waals surface area contributed by atoms with Crippen molar-refractivity contribution in [1.29, 1.82) is 0 Å². The molecule has 0 aliphatic rings. The molecule has 6 nitrogen and oxygen atoms in total. The van der Waals surface area contributed by atoms with E-state index in [0.29, 0.717) is 5.52 Å². The molecule has 0 bridgehead atoms. The molecule has 3 rings (SSSR count). The summed E-state index contributed by atoms with van der Waals surface area (Å²) in [5.74, 6) is -1.95. The van der Waals surface area contributed by atoms with Crippen molar-refractivity contribution in [3.8, 4) is 0 Å². The summed E-state index contributed by atoms with van der Waals surface area (Å²) in [5.41, 5.74) is 1.48. The van der Waals surface area contributed by atoms with Gasteiger partial charge in [-0.1, -0.05) is 6.07 Å². The number of carboxylic acids is 1. The Balaban J connectivity index is 2.15. The summed E-state index contributed by atoms with van der Waals surface area (Å²) in [4.78, 5) is 14.0. The number of benzene rings is 2. The Bertz CT molecular complexity index is 1100. The number of H-pyrrole nitrogens is 1. The molecule has 0 aliphatic carbocycles. The second-order valence-electron chi connectivity index (χ2n) is 5.72. The van der Waals surface area contributed by atoms with E-state index >= 15 is 0 Å². The predicted molar refractivity (Wildman–Crippen MR) is 91.9 cm³/mol. The number of aromatic nitrogens is 1. The topological polar surface area (TPSA) is 99.3 Å². The molecule has 2 aromatic carbocycles. The smallest absolute Gasteiger partial charge is 0.354 e. The highest BCUT2D eigenvalue weighted by Gasteiger charge is 2.23. The van der Waals surface area contributed by atoms with Crippen LogP contribution in [0.5, 0.6) is 0 Å². The minimum atomic E-state index is -4.04. The summed E-state index contributed by atoms with van der Waals surface area (Å²) in [6.07, 6.45) is 0. The van der Waals surface area contributed by atoms with Crippen LogP contribution in [0.25, 0.3) is 10.9 Å². The van der Waals surface area contributed by atoms with Gasteiger partial charge in [-0.25, -0.2) is 17.6 Å². The van der Waals surface area contributed by atoms with Crippen molar-refractivity contribution < 1.29 is 22.7 Å². The molecule has 0 radical (unpaired) electrons. The Morgan fingerprint density at radius 3 is 2.48 bits per heavy atom. The highest BCUT2D eigenvalue weighted by molar-refractivity contribution is 7.92. The van der Waals surface area contributed by atoms with E-state index in [4.69, 9.17) is 0 Å². The second-order valence-corrected chi connectivity index (χ2v) is 7.40. The molecular weight excluding hydrogens is 347 g/mol. The van der Waals surface area contributed by atoms with Crippen molar-refractivity contribution in [2.45, 2.75) is 18.7 Å². The Hall–Kier alpha value is -2.87. The van der Waals surface area contributed by atoms with Gasteiger partial charge in [-0.05, 0) is 55.3 Å². The van der Waals surface area contributed by atoms with Crippen LogP contribution in [-0.4, -0.2) is 24.5 Å². The monoisotopic (exact) mass is 362 g/mol. The lowest BCUT2D eigenvalue weighted by molar-refractivity contribution is 0.0692. The summed E-state index contributed by atoms with van der Waals surface area (Å²) in [6.45, 7) is 3.63. The number of sulfonamides is 1. The number of hydrogen-bond acceptors (Lipinski definition) is 3. The number of anilines is 1. The third-order valence-electron chi connectivity index (χ3n) is 4.00. The van der Waals surface area contributed by atoms with Crippen molar-refractivity contribution in [2.75, 3.05) is 4.72 Å². The van der Waals surface area contributed by atoms with E-state index in [1.54, 1.807) is 13.0 Å². The van der Waals surface area contributed by atoms with Crippen LogP contribution in [0.15, 0.2) is 41.3 Å². The van der Waals surface area contributed by atoms with Crippen LogP contribution in [0.1, 0.15) is 21.6 Å². The number of hydrogen-bond donors (Lipinski definition) is 3. The number of nitrogens with one attached hydrogen (secondary N) is 2. The first kappa shape index (κ1) is 17.0. The molecule has 0 saturated heterocycles. The Morgan fingerprint density at radius 2 is 1.84 bits per heavy atom. The second kappa shape index (κ2) is 5.89. The fraction of sp³-hybridized carbons (Fsp3) is 0.118. The van der Waals surface area contributed by atoms with Gasteiger partial charge in [0.1, 0.15) is 11.5 Å². The summed E-state index contributed by atoms with van der Waals surface area (Å²) in [7, 11) is -4.04. The molecule has 3 N–H and O–H groups in total. The first-order chi connectivity index (χ1) is 11.7. The molecule has 0 atom stereocenters. The largest absolute Gasteiger partial charge is 0.477 e. The third-order valence-corrected chi connectivity index (χ3v) is 5.35. The number of carbonyl (C=O) groups is 1. The number of aromatic carboxylic acids is 1. The minimum Gasteiger partial charge on any atom is -0.477 e. The first-order valence-electron chi connectivity index (χ1n) is 7.33. The Labute approximate surface area is 143 Å². The van der Waals surface area contributed by atoms with Crippen LogP contribution in [0, 0.1) is 19.7 Å². The summed E-state index contributed by atoms with van der Waals surface area (Å²) >= 11 is 0. The summed E-state index contributed by atoms with van der Waals surface area (Å²) < 4.78 is 41.1. The van der Waals surface area contributed by atoms with E-state index in [2.05, 4.69) is 9.71 Å². The van der Waals surface area contributed by atoms with Gasteiger partial charge in [0.05, 0.1) is 10.6 Å². The number of aryl methyl sites for hydroxylation is 2. The molecule has 0 spiro atoms. The fourth-order valence-electron chi connectivity index (χ4n) is 2.50. The van der Waals surface area contributed by atoms with E-state index in [0.717, 1.165) is 23.3 Å². The van der Waals surface area contributed by atoms with Crippen molar-refractivity contribution in [1.82, 2.24) is 4.98 Å². The minimum absolute atomic E-state index is 0.00214. The lowest BCUT2D eigenvalue weighted by Gasteiger charge is -2.10. The highest BCUT2D eigenvalue weighted by atomic mass is 32.2. The van der Waals surface area contributed by atoms with E-state index in [9.17, 15) is 22.7 Å². The zero-order chi connectivity index (χ0) is 18.4. The summed E-state index contributed by atoms with van der Waals surface area (Å²) in [6, 6.07) is 8.18. The maximum Gasteiger partial charge on any atom is 0.354 e. The van der Waals surface area contributed by atoms with Crippen LogP contribution in [0.3, 0.4) is 0 Å². The zero-order valence-electron chi connectivity index (χ0n) is 13.4. The molecular formula is C17H15FN2O4S. The zero-order valence-corrected chi connectivity index (χ0v) is 14.2. The van der Waals surface area contributed by atoms with Crippen LogP contribution < -0.4 is 4.72 Å². The molecule has 25 heavy (non-hydrogen) atoms. The predicted octanol–water partition coefficient (Wildman–Crippen LogP) is 3.42. The van der Waals surface area contributed by atoms with Gasteiger partial charge in [0, 0.05) is 10.9 Å². The Kier molecular flexibility index (Phi) is 4.00. The number of rotatable bonds is 4. The average Bonchev–Trinajstić information content (AvgIpc) is 2.87. The number of aromatic amines is 1. The van der Waals surface area contributed by atoms with Crippen molar-refractivity contribution >= 4 is 32.6 Å². The molecule has 0 aliphatic heterocycles. The highest BCUT2D eigenvalue weighted by Crippen LogP contribution is 2.31. The third kappa shape index (κ3) is 3.08. The van der Waals surface area contributed by atoms with Crippen molar-refractivity contribution in [3.05, 3.63) is 59.0 Å².